The topological polar surface area (TPSA) is 102 Å². The molecule has 0 aliphatic carbocycles. The van der Waals surface area contributed by atoms with Crippen molar-refractivity contribution >= 4 is 74.1 Å². The molecule has 8 nitrogen and oxygen atoms in total. The summed E-state index contributed by atoms with van der Waals surface area (Å²) in [5.41, 5.74) is 0.925. The Hall–Kier alpha value is -2.82. The van der Waals surface area contributed by atoms with Crippen molar-refractivity contribution in [1.82, 2.24) is 4.90 Å². The normalized spacial score (nSPS) is 14.6. The summed E-state index contributed by atoms with van der Waals surface area (Å²) in [5, 5.41) is 2.48. The number of hydrogen-bond donors (Lipinski definition) is 1. The highest BCUT2D eigenvalue weighted by Gasteiger charge is 2.37. The molecule has 0 spiro atoms. The molecular formula is C23H20BrClN2O6S. The van der Waals surface area contributed by atoms with E-state index in [1.165, 1.54) is 6.08 Å². The van der Waals surface area contributed by atoms with E-state index in [0.29, 0.717) is 38.3 Å². The van der Waals surface area contributed by atoms with Gasteiger partial charge in [0.1, 0.15) is 12.3 Å². The quantitative estimate of drug-likeness (QED) is 0.349. The van der Waals surface area contributed by atoms with Crippen LogP contribution in [-0.4, -0.2) is 47.2 Å². The Morgan fingerprint density at radius 3 is 2.65 bits per heavy atom. The smallest absolute Gasteiger partial charge is 0.326 e. The fraction of sp³-hybridized carbons (Fsp3) is 0.217. The zero-order valence-corrected chi connectivity index (χ0v) is 21.3. The predicted octanol–water partition coefficient (Wildman–Crippen LogP) is 5.11. The highest BCUT2D eigenvalue weighted by molar-refractivity contribution is 9.10. The molecule has 0 radical (unpaired) electrons. The lowest BCUT2D eigenvalue weighted by Crippen LogP contribution is -2.35. The van der Waals surface area contributed by atoms with Crippen LogP contribution in [0.25, 0.3) is 6.08 Å². The summed E-state index contributed by atoms with van der Waals surface area (Å²) in [5.74, 6) is -1.39. The molecule has 3 rings (SSSR count). The number of thioether (sulfide) groups is 1. The van der Waals surface area contributed by atoms with Crippen LogP contribution >= 0.6 is 39.3 Å². The Morgan fingerprint density at radius 2 is 1.94 bits per heavy atom. The number of para-hydroxylation sites is 1. The molecule has 0 bridgehead atoms. The Labute approximate surface area is 213 Å². The van der Waals surface area contributed by atoms with Crippen LogP contribution in [0.4, 0.5) is 10.5 Å². The van der Waals surface area contributed by atoms with Crippen molar-refractivity contribution in [1.29, 1.82) is 0 Å². The van der Waals surface area contributed by atoms with E-state index in [-0.39, 0.29) is 17.6 Å². The summed E-state index contributed by atoms with van der Waals surface area (Å²) in [6.45, 7) is 2.57. The van der Waals surface area contributed by atoms with Crippen LogP contribution in [0.5, 0.6) is 5.75 Å². The van der Waals surface area contributed by atoms with E-state index in [1.807, 2.05) is 0 Å². The summed E-state index contributed by atoms with van der Waals surface area (Å²) in [6.07, 6.45) is 1.12. The molecule has 2 aromatic rings. The molecule has 178 valence electrons. The number of nitrogens with zero attached hydrogens (tertiary/aromatic N) is 1. The first-order chi connectivity index (χ1) is 16.1. The monoisotopic (exact) mass is 566 g/mol. The number of rotatable bonds is 8. The van der Waals surface area contributed by atoms with Gasteiger partial charge >= 0.3 is 5.97 Å². The van der Waals surface area contributed by atoms with Gasteiger partial charge in [0.05, 0.1) is 21.7 Å². The average molecular weight is 568 g/mol. The second-order valence-electron chi connectivity index (χ2n) is 7.31. The van der Waals surface area contributed by atoms with Gasteiger partial charge in [-0.05, 0) is 62.0 Å². The minimum atomic E-state index is -0.672. The van der Waals surface area contributed by atoms with Gasteiger partial charge in [-0.15, -0.1) is 0 Å². The van der Waals surface area contributed by atoms with E-state index in [4.69, 9.17) is 21.1 Å². The summed E-state index contributed by atoms with van der Waals surface area (Å²) >= 11 is 10.1. The SMILES string of the molecule is CC(C)OC(=O)CN1C(=O)S/C(=C\c2cc(Br)ccc2OCC(=O)Nc2ccccc2Cl)C1=O. The first-order valence-electron chi connectivity index (χ1n) is 10.1. The first kappa shape index (κ1) is 25.8. The summed E-state index contributed by atoms with van der Waals surface area (Å²) in [7, 11) is 0. The third-order valence-electron chi connectivity index (χ3n) is 4.29. The maximum atomic E-state index is 12.7. The number of benzene rings is 2. The maximum absolute atomic E-state index is 12.7. The van der Waals surface area contributed by atoms with Crippen molar-refractivity contribution in [3.05, 3.63) is 62.4 Å². The molecule has 11 heteroatoms. The molecule has 1 heterocycles. The van der Waals surface area contributed by atoms with Crippen molar-refractivity contribution in [2.45, 2.75) is 20.0 Å². The highest BCUT2D eigenvalue weighted by Crippen LogP contribution is 2.35. The van der Waals surface area contributed by atoms with Gasteiger partial charge in [-0.25, -0.2) is 0 Å². The molecule has 1 saturated heterocycles. The van der Waals surface area contributed by atoms with Crippen molar-refractivity contribution in [2.75, 3.05) is 18.5 Å². The van der Waals surface area contributed by atoms with Gasteiger partial charge in [-0.3, -0.25) is 24.1 Å². The van der Waals surface area contributed by atoms with E-state index in [2.05, 4.69) is 21.2 Å². The van der Waals surface area contributed by atoms with E-state index in [1.54, 1.807) is 56.3 Å². The molecule has 0 aromatic heterocycles. The number of imide groups is 1. The van der Waals surface area contributed by atoms with Crippen LogP contribution in [0.2, 0.25) is 5.02 Å². The third kappa shape index (κ3) is 6.85. The van der Waals surface area contributed by atoms with Crippen molar-refractivity contribution in [3.63, 3.8) is 0 Å². The van der Waals surface area contributed by atoms with Crippen LogP contribution < -0.4 is 10.1 Å². The molecule has 3 amide bonds. The second kappa shape index (κ2) is 11.5. The van der Waals surface area contributed by atoms with Crippen molar-refractivity contribution < 1.29 is 28.7 Å². The Morgan fingerprint density at radius 1 is 1.21 bits per heavy atom. The molecule has 2 aromatic carbocycles. The molecule has 1 fully saturated rings. The Balaban J connectivity index is 1.72. The van der Waals surface area contributed by atoms with Gasteiger partial charge in [0.2, 0.25) is 0 Å². The van der Waals surface area contributed by atoms with Crippen molar-refractivity contribution in [3.8, 4) is 5.75 Å². The largest absolute Gasteiger partial charge is 0.483 e. The fourth-order valence-corrected chi connectivity index (χ4v) is 4.25. The third-order valence-corrected chi connectivity index (χ3v) is 6.02. The number of anilines is 1. The summed E-state index contributed by atoms with van der Waals surface area (Å²) in [6, 6.07) is 11.8. The molecule has 0 saturated carbocycles. The van der Waals surface area contributed by atoms with Gasteiger partial charge < -0.3 is 14.8 Å². The lowest BCUT2D eigenvalue weighted by Gasteiger charge is -2.13. The van der Waals surface area contributed by atoms with Crippen LogP contribution in [0, 0.1) is 0 Å². The molecule has 1 aliphatic heterocycles. The van der Waals surface area contributed by atoms with Gasteiger partial charge in [0.15, 0.2) is 6.61 Å². The summed E-state index contributed by atoms with van der Waals surface area (Å²) < 4.78 is 11.4. The first-order valence-corrected chi connectivity index (χ1v) is 12.0. The van der Waals surface area contributed by atoms with Gasteiger partial charge in [-0.1, -0.05) is 39.7 Å². The van der Waals surface area contributed by atoms with Gasteiger partial charge in [-0.2, -0.15) is 0 Å². The number of carbonyl (C=O) groups excluding carboxylic acids is 4. The number of amides is 3. The minimum Gasteiger partial charge on any atom is -0.483 e. The van der Waals surface area contributed by atoms with E-state index >= 15 is 0 Å². The lowest BCUT2D eigenvalue weighted by molar-refractivity contribution is -0.149. The summed E-state index contributed by atoms with van der Waals surface area (Å²) in [4.78, 5) is 50.2. The van der Waals surface area contributed by atoms with Crippen LogP contribution in [-0.2, 0) is 19.1 Å². The number of ether oxygens (including phenoxy) is 2. The second-order valence-corrected chi connectivity index (χ2v) is 9.62. The average Bonchev–Trinajstić information content (AvgIpc) is 3.01. The zero-order valence-electron chi connectivity index (χ0n) is 18.2. The molecule has 34 heavy (non-hydrogen) atoms. The van der Waals surface area contributed by atoms with Crippen molar-refractivity contribution in [2.24, 2.45) is 0 Å². The molecule has 1 N–H and O–H groups in total. The maximum Gasteiger partial charge on any atom is 0.326 e. The van der Waals surface area contributed by atoms with E-state index in [0.717, 1.165) is 4.90 Å². The lowest BCUT2D eigenvalue weighted by atomic mass is 10.2. The van der Waals surface area contributed by atoms with Crippen LogP contribution in [0.3, 0.4) is 0 Å². The zero-order chi connectivity index (χ0) is 24.8. The van der Waals surface area contributed by atoms with Crippen LogP contribution in [0.15, 0.2) is 51.8 Å². The number of carbonyl (C=O) groups is 4. The standard InChI is InChI=1S/C23H20BrClN2O6S/c1-13(2)33-21(29)11-27-22(30)19(34-23(27)31)10-14-9-15(24)7-8-18(14)32-12-20(28)26-17-6-4-3-5-16(17)25/h3-10,13H,11-12H2,1-2H3,(H,26,28)/b19-10-. The number of halogens is 2. The molecule has 1 aliphatic rings. The van der Waals surface area contributed by atoms with Gasteiger partial charge in [0, 0.05) is 10.0 Å². The molecule has 0 atom stereocenters. The van der Waals surface area contributed by atoms with Gasteiger partial charge in [0.25, 0.3) is 17.1 Å². The predicted molar refractivity (Wildman–Crippen MR) is 134 cm³/mol. The minimum absolute atomic E-state index is 0.116. The number of esters is 1. The Bertz CT molecular complexity index is 1170. The van der Waals surface area contributed by atoms with E-state index in [9.17, 15) is 19.2 Å². The Kier molecular flexibility index (Phi) is 8.76. The van der Waals surface area contributed by atoms with E-state index < -0.39 is 29.6 Å². The number of hydrogen-bond acceptors (Lipinski definition) is 7. The van der Waals surface area contributed by atoms with Crippen LogP contribution in [0.1, 0.15) is 19.4 Å². The highest BCUT2D eigenvalue weighted by atomic mass is 79.9. The molecule has 0 unspecified atom stereocenters. The fourth-order valence-electron chi connectivity index (χ4n) is 2.86. The molecular weight excluding hydrogens is 548 g/mol. The number of nitrogens with one attached hydrogen (secondary N) is 1.